The van der Waals surface area contributed by atoms with Gasteiger partial charge in [-0.05, 0) is 95.3 Å². The van der Waals surface area contributed by atoms with Crippen LogP contribution in [0, 0.1) is 0 Å². The molecular formula is C46H66O10S2. The molecule has 0 spiro atoms. The minimum absolute atomic E-state index is 0.398. The predicted octanol–water partition coefficient (Wildman–Crippen LogP) is 10.0. The molecule has 4 rings (SSSR count). The van der Waals surface area contributed by atoms with E-state index < -0.39 is 0 Å². The number of ether oxygens (including phenoxy) is 10. The van der Waals surface area contributed by atoms with Crippen molar-refractivity contribution >= 4 is 22.7 Å². The standard InChI is InChI=1S/C46H66O10S2/c1-7-47-17-19-49-23-25-53-33-38-16-31-57-45(38)46-39(34-54-26-24-50-20-18-48-8-2)32-43(58-46)37-12-14-40(15-13-37)55-29-27-51-21-22-52-28-30-56-44-41(35(3)4)10-9-11-42(44)36(5)6/h9-16,31-32,35-36H,7-8,17-30,33-34H2,1-6H3. The van der Waals surface area contributed by atoms with Gasteiger partial charge in [-0.1, -0.05) is 45.9 Å². The lowest BCUT2D eigenvalue weighted by Gasteiger charge is -2.20. The molecule has 0 atom stereocenters. The van der Waals surface area contributed by atoms with E-state index in [0.29, 0.717) is 131 Å². The summed E-state index contributed by atoms with van der Waals surface area (Å²) in [6, 6.07) is 19.0. The van der Waals surface area contributed by atoms with Gasteiger partial charge in [0.05, 0.1) is 102 Å². The number of para-hydroxylation sites is 1. The summed E-state index contributed by atoms with van der Waals surface area (Å²) in [4.78, 5) is 3.56. The first-order valence-electron chi connectivity index (χ1n) is 20.7. The van der Waals surface area contributed by atoms with E-state index in [4.69, 9.17) is 47.4 Å². The van der Waals surface area contributed by atoms with Crippen molar-refractivity contribution in [3.63, 3.8) is 0 Å². The van der Waals surface area contributed by atoms with Gasteiger partial charge in [0.15, 0.2) is 0 Å². The topological polar surface area (TPSA) is 92.3 Å². The molecule has 0 saturated heterocycles. The fourth-order valence-electron chi connectivity index (χ4n) is 5.96. The summed E-state index contributed by atoms with van der Waals surface area (Å²) in [6.45, 7) is 22.5. The van der Waals surface area contributed by atoms with Crippen LogP contribution in [-0.2, 0) is 51.1 Å². The van der Waals surface area contributed by atoms with Gasteiger partial charge in [0.1, 0.15) is 24.7 Å². The Bertz CT molecular complexity index is 1630. The van der Waals surface area contributed by atoms with Crippen LogP contribution in [0.2, 0.25) is 0 Å². The Balaban J connectivity index is 1.22. The second-order valence-corrected chi connectivity index (χ2v) is 16.0. The van der Waals surface area contributed by atoms with Crippen molar-refractivity contribution < 1.29 is 47.4 Å². The number of hydrogen-bond donors (Lipinski definition) is 0. The summed E-state index contributed by atoms with van der Waals surface area (Å²) in [5, 5.41) is 2.12. The molecule has 2 aromatic carbocycles. The molecule has 58 heavy (non-hydrogen) atoms. The Kier molecular flexibility index (Phi) is 23.5. The number of benzene rings is 2. The minimum atomic E-state index is 0.398. The van der Waals surface area contributed by atoms with Gasteiger partial charge >= 0.3 is 0 Å². The molecule has 0 radical (unpaired) electrons. The third kappa shape index (κ3) is 17.0. The molecule has 322 valence electrons. The lowest BCUT2D eigenvalue weighted by Crippen LogP contribution is -2.14. The van der Waals surface area contributed by atoms with Gasteiger partial charge in [0.2, 0.25) is 0 Å². The van der Waals surface area contributed by atoms with Gasteiger partial charge in [-0.15, -0.1) is 22.7 Å². The maximum absolute atomic E-state index is 6.21. The molecule has 0 bridgehead atoms. The smallest absolute Gasteiger partial charge is 0.126 e. The predicted molar refractivity (Wildman–Crippen MR) is 234 cm³/mol. The van der Waals surface area contributed by atoms with E-state index in [-0.39, 0.29) is 0 Å². The van der Waals surface area contributed by atoms with Crippen LogP contribution in [0.4, 0.5) is 0 Å². The van der Waals surface area contributed by atoms with E-state index in [1.807, 2.05) is 26.0 Å². The van der Waals surface area contributed by atoms with E-state index >= 15 is 0 Å². The van der Waals surface area contributed by atoms with Crippen LogP contribution in [0.5, 0.6) is 11.5 Å². The van der Waals surface area contributed by atoms with Crippen LogP contribution >= 0.6 is 22.7 Å². The Morgan fingerprint density at radius 1 is 0.483 bits per heavy atom. The van der Waals surface area contributed by atoms with E-state index in [1.54, 1.807) is 22.7 Å². The van der Waals surface area contributed by atoms with Gasteiger partial charge in [-0.3, -0.25) is 0 Å². The monoisotopic (exact) mass is 842 g/mol. The lowest BCUT2D eigenvalue weighted by molar-refractivity contribution is 0.0127. The first kappa shape index (κ1) is 47.8. The molecule has 0 aliphatic carbocycles. The summed E-state index contributed by atoms with van der Waals surface area (Å²) in [5.41, 5.74) is 5.90. The van der Waals surface area contributed by atoms with Crippen LogP contribution in [0.15, 0.2) is 60.0 Å². The average Bonchev–Trinajstić information content (AvgIpc) is 3.87. The van der Waals surface area contributed by atoms with Gasteiger partial charge < -0.3 is 47.4 Å². The van der Waals surface area contributed by atoms with Crippen LogP contribution in [0.3, 0.4) is 0 Å². The zero-order valence-corrected chi connectivity index (χ0v) is 37.2. The molecule has 0 fully saturated rings. The molecule has 0 aliphatic rings. The quantitative estimate of drug-likeness (QED) is 0.0432. The highest BCUT2D eigenvalue weighted by Gasteiger charge is 2.18. The summed E-state index contributed by atoms with van der Waals surface area (Å²) in [7, 11) is 0. The summed E-state index contributed by atoms with van der Waals surface area (Å²) in [5.74, 6) is 2.59. The summed E-state index contributed by atoms with van der Waals surface area (Å²) < 4.78 is 57.8. The van der Waals surface area contributed by atoms with Crippen molar-refractivity contribution in [2.75, 3.05) is 106 Å². The third-order valence-electron chi connectivity index (χ3n) is 8.97. The third-order valence-corrected chi connectivity index (χ3v) is 11.3. The van der Waals surface area contributed by atoms with E-state index in [2.05, 4.69) is 75.5 Å². The Labute approximate surface area is 355 Å². The number of hydrogen-bond acceptors (Lipinski definition) is 12. The highest BCUT2D eigenvalue weighted by atomic mass is 32.1. The van der Waals surface area contributed by atoms with Crippen LogP contribution in [-0.4, -0.2) is 106 Å². The minimum Gasteiger partial charge on any atom is -0.491 e. The Morgan fingerprint density at radius 3 is 1.50 bits per heavy atom. The number of rotatable bonds is 33. The molecule has 2 heterocycles. The molecule has 0 amide bonds. The molecule has 2 aromatic heterocycles. The van der Waals surface area contributed by atoms with E-state index in [9.17, 15) is 0 Å². The normalized spacial score (nSPS) is 11.7. The average molecular weight is 843 g/mol. The zero-order chi connectivity index (χ0) is 41.2. The highest BCUT2D eigenvalue weighted by Crippen LogP contribution is 2.43. The second kappa shape index (κ2) is 28.6. The molecule has 0 unspecified atom stereocenters. The van der Waals surface area contributed by atoms with Gasteiger partial charge in [-0.2, -0.15) is 0 Å². The second-order valence-electron chi connectivity index (χ2n) is 14.0. The largest absolute Gasteiger partial charge is 0.491 e. The highest BCUT2D eigenvalue weighted by molar-refractivity contribution is 7.23. The van der Waals surface area contributed by atoms with Crippen LogP contribution in [0.1, 0.15) is 75.6 Å². The van der Waals surface area contributed by atoms with Crippen LogP contribution in [0.25, 0.3) is 20.2 Å². The number of thiophene rings is 2. The molecule has 0 N–H and O–H groups in total. The van der Waals surface area contributed by atoms with Gasteiger partial charge in [0.25, 0.3) is 0 Å². The fourth-order valence-corrected chi connectivity index (χ4v) is 8.26. The molecule has 10 nitrogen and oxygen atoms in total. The van der Waals surface area contributed by atoms with Crippen molar-refractivity contribution in [2.24, 2.45) is 0 Å². The summed E-state index contributed by atoms with van der Waals surface area (Å²) >= 11 is 3.49. The Hall–Kier alpha value is -2.88. The molecule has 0 aliphatic heterocycles. The fraction of sp³-hybridized carbons (Fsp3) is 0.565. The van der Waals surface area contributed by atoms with Crippen molar-refractivity contribution in [1.29, 1.82) is 0 Å². The van der Waals surface area contributed by atoms with Crippen molar-refractivity contribution in [3.8, 4) is 31.7 Å². The van der Waals surface area contributed by atoms with Gasteiger partial charge in [0, 0.05) is 18.1 Å². The first-order chi connectivity index (χ1) is 28.4. The SMILES string of the molecule is CCOCCOCCOCc1ccsc1-c1sc(-c2ccc(OCCOCCOCCOc3c(C(C)C)cccc3C(C)C)cc2)cc1COCCOCCOCC. The maximum Gasteiger partial charge on any atom is 0.126 e. The zero-order valence-electron chi connectivity index (χ0n) is 35.6. The van der Waals surface area contributed by atoms with Gasteiger partial charge in [-0.25, -0.2) is 0 Å². The Morgan fingerprint density at radius 2 is 0.966 bits per heavy atom. The van der Waals surface area contributed by atoms with E-state index in [0.717, 1.165) is 33.1 Å². The summed E-state index contributed by atoms with van der Waals surface area (Å²) in [6.07, 6.45) is 0. The molecule has 12 heteroatoms. The van der Waals surface area contributed by atoms with Crippen molar-refractivity contribution in [2.45, 2.75) is 66.6 Å². The van der Waals surface area contributed by atoms with Crippen molar-refractivity contribution in [1.82, 2.24) is 0 Å². The maximum atomic E-state index is 6.21. The van der Waals surface area contributed by atoms with E-state index in [1.165, 1.54) is 20.9 Å². The molecule has 4 aromatic rings. The van der Waals surface area contributed by atoms with Crippen molar-refractivity contribution in [3.05, 3.63) is 82.2 Å². The first-order valence-corrected chi connectivity index (χ1v) is 22.4. The lowest BCUT2D eigenvalue weighted by atomic mass is 9.94. The molecule has 0 saturated carbocycles. The molecular weight excluding hydrogens is 777 g/mol. The van der Waals surface area contributed by atoms with Crippen LogP contribution < -0.4 is 9.47 Å².